The molecule has 1 unspecified atom stereocenters. The van der Waals surface area contributed by atoms with Crippen molar-refractivity contribution in [1.82, 2.24) is 4.90 Å². The van der Waals surface area contributed by atoms with Crippen LogP contribution in [0.5, 0.6) is 11.5 Å². The van der Waals surface area contributed by atoms with Gasteiger partial charge >= 0.3 is 5.69 Å². The Hall–Kier alpha value is -3.43. The summed E-state index contributed by atoms with van der Waals surface area (Å²) in [6, 6.07) is 16.4. The summed E-state index contributed by atoms with van der Waals surface area (Å²) in [6.45, 7) is 1.84. The number of hydrogen-bond donors (Lipinski definition) is 0. The summed E-state index contributed by atoms with van der Waals surface area (Å²) in [5.41, 5.74) is 0.918. The van der Waals surface area contributed by atoms with E-state index < -0.39 is 14.8 Å². The number of carbonyl (C=O) groups is 1. The molecule has 0 N–H and O–H groups in total. The second kappa shape index (κ2) is 9.60. The van der Waals surface area contributed by atoms with Crippen molar-refractivity contribution in [3.05, 3.63) is 93.0 Å². The first-order valence-electron chi connectivity index (χ1n) is 9.76. The molecule has 1 amide bonds. The van der Waals surface area contributed by atoms with Gasteiger partial charge in [-0.1, -0.05) is 23.7 Å². The molecular formula is C23H21ClN2O6S. The largest absolute Gasteiger partial charge is 0.450 e. The molecule has 0 aliphatic rings. The molecule has 0 saturated heterocycles. The van der Waals surface area contributed by atoms with Crippen molar-refractivity contribution in [3.8, 4) is 11.5 Å². The van der Waals surface area contributed by atoms with Gasteiger partial charge < -0.3 is 9.64 Å². The van der Waals surface area contributed by atoms with Crippen molar-refractivity contribution in [1.29, 1.82) is 0 Å². The van der Waals surface area contributed by atoms with E-state index >= 15 is 0 Å². The van der Waals surface area contributed by atoms with Gasteiger partial charge in [0.05, 0.1) is 15.9 Å². The van der Waals surface area contributed by atoms with Gasteiger partial charge in [0.2, 0.25) is 5.75 Å². The van der Waals surface area contributed by atoms with E-state index in [9.17, 15) is 23.3 Å². The molecule has 0 aliphatic heterocycles. The van der Waals surface area contributed by atoms with Gasteiger partial charge in [-0.25, -0.2) is 8.42 Å². The minimum absolute atomic E-state index is 0.0340. The quantitative estimate of drug-likeness (QED) is 0.331. The molecule has 3 rings (SSSR count). The van der Waals surface area contributed by atoms with Gasteiger partial charge in [-0.3, -0.25) is 14.9 Å². The minimum atomic E-state index is -3.30. The monoisotopic (exact) mass is 488 g/mol. The third-order valence-corrected chi connectivity index (χ3v) is 6.50. The van der Waals surface area contributed by atoms with Crippen LogP contribution in [-0.4, -0.2) is 37.5 Å². The molecule has 0 radical (unpaired) electrons. The lowest BCUT2D eigenvalue weighted by Gasteiger charge is -2.25. The molecule has 0 fully saturated rings. The average molecular weight is 489 g/mol. The van der Waals surface area contributed by atoms with Crippen molar-refractivity contribution >= 4 is 33.0 Å². The molecule has 0 saturated carbocycles. The molecule has 172 valence electrons. The number of ether oxygens (including phenoxy) is 1. The van der Waals surface area contributed by atoms with Crippen LogP contribution in [0.15, 0.2) is 71.6 Å². The smallest absolute Gasteiger partial charge is 0.313 e. The van der Waals surface area contributed by atoms with Crippen LogP contribution < -0.4 is 4.74 Å². The molecule has 0 aliphatic carbocycles. The molecule has 8 nitrogen and oxygen atoms in total. The molecule has 10 heteroatoms. The first-order valence-corrected chi connectivity index (χ1v) is 12.0. The fourth-order valence-electron chi connectivity index (χ4n) is 3.11. The van der Waals surface area contributed by atoms with Crippen LogP contribution in [0.3, 0.4) is 0 Å². The van der Waals surface area contributed by atoms with E-state index in [0.717, 1.165) is 11.8 Å². The number of nitrogens with zero attached hydrogens (tertiary/aromatic N) is 2. The summed E-state index contributed by atoms with van der Waals surface area (Å²) in [5, 5.41) is 11.4. The van der Waals surface area contributed by atoms with Crippen molar-refractivity contribution < 1.29 is 22.9 Å². The molecule has 0 bridgehead atoms. The standard InChI is InChI=1S/C23H21ClN2O6S/c1-15(16-6-11-20(12-7-16)33(3,30)31)25(2)23(27)17-4-9-19(10-5-17)32-22-13-8-18(24)14-21(22)26(28)29/h4-15H,1-3H3. The fraction of sp³-hybridized carbons (Fsp3) is 0.174. The molecule has 0 aromatic heterocycles. The number of carbonyl (C=O) groups excluding carboxylic acids is 1. The van der Waals surface area contributed by atoms with Crippen LogP contribution >= 0.6 is 11.6 Å². The van der Waals surface area contributed by atoms with Crippen LogP contribution in [0.1, 0.15) is 28.9 Å². The van der Waals surface area contributed by atoms with E-state index in [1.807, 2.05) is 6.92 Å². The van der Waals surface area contributed by atoms with E-state index in [0.29, 0.717) is 11.3 Å². The first-order chi connectivity index (χ1) is 15.5. The lowest BCUT2D eigenvalue weighted by molar-refractivity contribution is -0.385. The van der Waals surface area contributed by atoms with Crippen molar-refractivity contribution in [2.45, 2.75) is 17.9 Å². The minimum Gasteiger partial charge on any atom is -0.450 e. The molecular weight excluding hydrogens is 468 g/mol. The highest BCUT2D eigenvalue weighted by Gasteiger charge is 2.20. The fourth-order valence-corrected chi connectivity index (χ4v) is 3.91. The maximum atomic E-state index is 12.9. The number of hydrogen-bond acceptors (Lipinski definition) is 6. The lowest BCUT2D eigenvalue weighted by atomic mass is 10.1. The molecule has 3 aromatic rings. The maximum Gasteiger partial charge on any atom is 0.313 e. The Kier molecular flexibility index (Phi) is 7.04. The summed E-state index contributed by atoms with van der Waals surface area (Å²) in [4.78, 5) is 25.3. The van der Waals surface area contributed by atoms with Gasteiger partial charge in [0, 0.05) is 30.0 Å². The highest BCUT2D eigenvalue weighted by Crippen LogP contribution is 2.33. The van der Waals surface area contributed by atoms with Gasteiger partial charge in [-0.15, -0.1) is 0 Å². The summed E-state index contributed by atoms with van der Waals surface area (Å²) in [5.74, 6) is 0.106. The number of benzene rings is 3. The second-order valence-electron chi connectivity index (χ2n) is 7.43. The maximum absolute atomic E-state index is 12.9. The number of sulfone groups is 1. The number of nitro groups is 1. The van der Waals surface area contributed by atoms with Gasteiger partial charge in [0.15, 0.2) is 9.84 Å². The predicted octanol–water partition coefficient (Wildman–Crippen LogP) is 5.28. The summed E-state index contributed by atoms with van der Waals surface area (Å²) < 4.78 is 28.9. The number of amides is 1. The van der Waals surface area contributed by atoms with E-state index in [-0.39, 0.29) is 33.3 Å². The third kappa shape index (κ3) is 5.68. The Balaban J connectivity index is 1.74. The molecule has 0 spiro atoms. The Morgan fingerprint density at radius 2 is 1.67 bits per heavy atom. The normalized spacial score (nSPS) is 12.1. The highest BCUT2D eigenvalue weighted by molar-refractivity contribution is 7.90. The van der Waals surface area contributed by atoms with Crippen molar-refractivity contribution in [2.24, 2.45) is 0 Å². The zero-order valence-electron chi connectivity index (χ0n) is 18.1. The predicted molar refractivity (Wildman–Crippen MR) is 125 cm³/mol. The second-order valence-corrected chi connectivity index (χ2v) is 9.88. The van der Waals surface area contributed by atoms with Crippen LogP contribution in [-0.2, 0) is 9.84 Å². The van der Waals surface area contributed by atoms with Crippen LogP contribution in [0, 0.1) is 10.1 Å². The Bertz CT molecular complexity index is 1290. The van der Waals surface area contributed by atoms with E-state index in [1.165, 1.54) is 35.2 Å². The van der Waals surface area contributed by atoms with Crippen molar-refractivity contribution in [3.63, 3.8) is 0 Å². The zero-order chi connectivity index (χ0) is 24.3. The van der Waals surface area contributed by atoms with Crippen LogP contribution in [0.4, 0.5) is 5.69 Å². The Labute approximate surface area is 196 Å². The number of halogens is 1. The highest BCUT2D eigenvalue weighted by atomic mass is 35.5. The topological polar surface area (TPSA) is 107 Å². The van der Waals surface area contributed by atoms with E-state index in [1.54, 1.807) is 43.4 Å². The van der Waals surface area contributed by atoms with Crippen molar-refractivity contribution in [2.75, 3.05) is 13.3 Å². The zero-order valence-corrected chi connectivity index (χ0v) is 19.6. The number of rotatable bonds is 7. The van der Waals surface area contributed by atoms with Crippen LogP contribution in [0.25, 0.3) is 0 Å². The average Bonchev–Trinajstić information content (AvgIpc) is 2.78. The van der Waals surface area contributed by atoms with Gasteiger partial charge in [0.1, 0.15) is 5.75 Å². The van der Waals surface area contributed by atoms with Gasteiger partial charge in [-0.2, -0.15) is 0 Å². The third-order valence-electron chi connectivity index (χ3n) is 5.14. The summed E-state index contributed by atoms with van der Waals surface area (Å²) in [7, 11) is -1.65. The molecule has 33 heavy (non-hydrogen) atoms. The van der Waals surface area contributed by atoms with Gasteiger partial charge in [0.25, 0.3) is 5.91 Å². The Morgan fingerprint density at radius 1 is 1.06 bits per heavy atom. The first kappa shape index (κ1) is 24.2. The van der Waals surface area contributed by atoms with E-state index in [4.69, 9.17) is 16.3 Å². The van der Waals surface area contributed by atoms with E-state index in [2.05, 4.69) is 0 Å². The molecule has 3 aromatic carbocycles. The molecule has 1 atom stereocenters. The van der Waals surface area contributed by atoms with Crippen LogP contribution in [0.2, 0.25) is 5.02 Å². The van der Waals surface area contributed by atoms with Gasteiger partial charge in [-0.05, 0) is 61.0 Å². The SMILES string of the molecule is CC(c1ccc(S(C)(=O)=O)cc1)N(C)C(=O)c1ccc(Oc2ccc(Cl)cc2[N+](=O)[O-])cc1. The molecule has 0 heterocycles. The number of nitro benzene ring substituents is 1. The summed E-state index contributed by atoms with van der Waals surface area (Å²) >= 11 is 5.82. The summed E-state index contributed by atoms with van der Waals surface area (Å²) in [6.07, 6.45) is 1.14. The Morgan fingerprint density at radius 3 is 2.21 bits per heavy atom. The lowest BCUT2D eigenvalue weighted by Crippen LogP contribution is -2.29.